The van der Waals surface area contributed by atoms with E-state index < -0.39 is 0 Å². The molecule has 18 heavy (non-hydrogen) atoms. The molecule has 0 fully saturated rings. The van der Waals surface area contributed by atoms with Crippen LogP contribution in [0.25, 0.3) is 11.3 Å². The summed E-state index contributed by atoms with van der Waals surface area (Å²) in [7, 11) is 2.00. The van der Waals surface area contributed by atoms with Crippen LogP contribution < -0.4 is 5.73 Å². The molecule has 0 bridgehead atoms. The molecule has 0 atom stereocenters. The first-order valence-electron chi connectivity index (χ1n) is 6.17. The number of benzene rings is 1. The predicted octanol–water partition coefficient (Wildman–Crippen LogP) is 3.26. The molecule has 2 N–H and O–H groups in total. The van der Waals surface area contributed by atoms with Crippen molar-refractivity contribution in [3.8, 4) is 11.3 Å². The van der Waals surface area contributed by atoms with Crippen LogP contribution >= 0.6 is 15.9 Å². The molecular weight excluding hydrogens is 290 g/mol. The zero-order valence-corrected chi connectivity index (χ0v) is 12.4. The number of nitrogens with two attached hydrogens (primary N) is 1. The number of hydrogen-bond donors (Lipinski definition) is 1. The summed E-state index contributed by atoms with van der Waals surface area (Å²) in [5.74, 6) is 0.884. The first-order chi connectivity index (χ1) is 8.67. The summed E-state index contributed by atoms with van der Waals surface area (Å²) < 4.78 is 2.90. The number of imidazole rings is 1. The van der Waals surface area contributed by atoms with Gasteiger partial charge in [0.15, 0.2) is 0 Å². The van der Waals surface area contributed by atoms with Gasteiger partial charge in [0.25, 0.3) is 0 Å². The molecule has 3 nitrogen and oxygen atoms in total. The quantitative estimate of drug-likeness (QED) is 0.942. The van der Waals surface area contributed by atoms with Gasteiger partial charge in [-0.25, -0.2) is 4.98 Å². The Hall–Kier alpha value is -1.13. The Morgan fingerprint density at radius 3 is 2.44 bits per heavy atom. The van der Waals surface area contributed by atoms with Gasteiger partial charge < -0.3 is 10.3 Å². The van der Waals surface area contributed by atoms with Crippen LogP contribution in [-0.2, 0) is 20.0 Å². The molecule has 2 aromatic rings. The molecule has 0 unspecified atom stereocenters. The molecule has 1 aromatic heterocycles. The van der Waals surface area contributed by atoms with E-state index in [4.69, 9.17) is 5.73 Å². The van der Waals surface area contributed by atoms with Crippen LogP contribution in [0.15, 0.2) is 28.9 Å². The first kappa shape index (κ1) is 13.3. The summed E-state index contributed by atoms with van der Waals surface area (Å²) in [4.78, 5) is 4.42. The van der Waals surface area contributed by atoms with E-state index >= 15 is 0 Å². The van der Waals surface area contributed by atoms with Gasteiger partial charge in [-0.3, -0.25) is 0 Å². The van der Waals surface area contributed by atoms with Crippen LogP contribution in [0.2, 0.25) is 0 Å². The lowest BCUT2D eigenvalue weighted by molar-refractivity contribution is 0.798. The van der Waals surface area contributed by atoms with Crippen LogP contribution in [0.3, 0.4) is 0 Å². The summed E-state index contributed by atoms with van der Waals surface area (Å²) in [6.07, 6.45) is 2.30. The van der Waals surface area contributed by atoms with E-state index in [1.807, 2.05) is 11.6 Å². The highest BCUT2D eigenvalue weighted by Crippen LogP contribution is 2.28. The minimum atomic E-state index is 0.447. The number of hydrogen-bond acceptors (Lipinski definition) is 2. The Bertz CT molecular complexity index is 529. The van der Waals surface area contributed by atoms with Crippen molar-refractivity contribution in [3.05, 3.63) is 40.3 Å². The third-order valence-electron chi connectivity index (χ3n) is 3.09. The zero-order chi connectivity index (χ0) is 13.1. The van der Waals surface area contributed by atoms with Gasteiger partial charge in [-0.1, -0.05) is 37.6 Å². The Labute approximate surface area is 116 Å². The summed E-state index contributed by atoms with van der Waals surface area (Å²) in [6, 6.07) is 8.65. The maximum absolute atomic E-state index is 5.67. The van der Waals surface area contributed by atoms with Gasteiger partial charge in [-0.2, -0.15) is 0 Å². The summed E-state index contributed by atoms with van der Waals surface area (Å²) in [5, 5.41) is 0. The van der Waals surface area contributed by atoms with Crippen LogP contribution in [-0.4, -0.2) is 9.55 Å². The Kier molecular flexibility index (Phi) is 4.19. The second kappa shape index (κ2) is 5.67. The number of halogens is 1. The SMILES string of the molecule is CCCc1ccc(-c2c(Br)nc(CN)n2C)cc1. The van der Waals surface area contributed by atoms with E-state index in [0.29, 0.717) is 6.54 Å². The normalized spacial score (nSPS) is 10.9. The molecule has 0 saturated carbocycles. The number of rotatable bonds is 4. The second-order valence-electron chi connectivity index (χ2n) is 4.38. The van der Waals surface area contributed by atoms with Gasteiger partial charge in [0.05, 0.1) is 12.2 Å². The van der Waals surface area contributed by atoms with E-state index in [-0.39, 0.29) is 0 Å². The molecule has 0 amide bonds. The molecule has 0 aliphatic rings. The lowest BCUT2D eigenvalue weighted by Gasteiger charge is -2.06. The van der Waals surface area contributed by atoms with Gasteiger partial charge in [0, 0.05) is 12.6 Å². The monoisotopic (exact) mass is 307 g/mol. The fourth-order valence-corrected chi connectivity index (χ4v) is 2.82. The minimum Gasteiger partial charge on any atom is -0.329 e. The van der Waals surface area contributed by atoms with E-state index in [9.17, 15) is 0 Å². The fourth-order valence-electron chi connectivity index (χ4n) is 2.12. The largest absolute Gasteiger partial charge is 0.329 e. The van der Waals surface area contributed by atoms with Gasteiger partial charge in [-0.15, -0.1) is 0 Å². The van der Waals surface area contributed by atoms with E-state index in [1.165, 1.54) is 12.0 Å². The molecule has 2 rings (SSSR count). The van der Waals surface area contributed by atoms with Crippen LogP contribution in [0.4, 0.5) is 0 Å². The average molecular weight is 308 g/mol. The van der Waals surface area contributed by atoms with Crippen molar-refractivity contribution in [1.29, 1.82) is 0 Å². The molecule has 1 heterocycles. The summed E-state index contributed by atoms with van der Waals surface area (Å²) in [5.41, 5.74) is 9.29. The molecule has 0 saturated heterocycles. The summed E-state index contributed by atoms with van der Waals surface area (Å²) in [6.45, 7) is 2.64. The average Bonchev–Trinajstić information content (AvgIpc) is 2.66. The molecule has 4 heteroatoms. The highest BCUT2D eigenvalue weighted by Gasteiger charge is 2.13. The number of nitrogens with zero attached hydrogens (tertiary/aromatic N) is 2. The smallest absolute Gasteiger partial charge is 0.132 e. The van der Waals surface area contributed by atoms with Crippen molar-refractivity contribution in [2.45, 2.75) is 26.3 Å². The van der Waals surface area contributed by atoms with Crippen LogP contribution in [0.1, 0.15) is 24.7 Å². The number of aryl methyl sites for hydroxylation is 1. The Balaban J connectivity index is 2.39. The van der Waals surface area contributed by atoms with E-state index in [2.05, 4.69) is 52.1 Å². The van der Waals surface area contributed by atoms with Gasteiger partial charge in [-0.05, 0) is 27.9 Å². The molecule has 0 aliphatic carbocycles. The van der Waals surface area contributed by atoms with Crippen LogP contribution in [0.5, 0.6) is 0 Å². The van der Waals surface area contributed by atoms with Crippen molar-refractivity contribution in [2.24, 2.45) is 12.8 Å². The standard InChI is InChI=1S/C14H18BrN3/c1-3-4-10-5-7-11(8-6-10)13-14(15)17-12(9-16)18(13)2/h5-8H,3-4,9,16H2,1-2H3. The molecule has 1 aromatic carbocycles. The third-order valence-corrected chi connectivity index (χ3v) is 3.65. The first-order valence-corrected chi connectivity index (χ1v) is 6.97. The van der Waals surface area contributed by atoms with E-state index in [0.717, 1.165) is 28.1 Å². The van der Waals surface area contributed by atoms with Gasteiger partial charge in [0.2, 0.25) is 0 Å². The third kappa shape index (κ3) is 2.49. The van der Waals surface area contributed by atoms with E-state index in [1.54, 1.807) is 0 Å². The highest BCUT2D eigenvalue weighted by atomic mass is 79.9. The molecule has 0 aliphatic heterocycles. The van der Waals surface area contributed by atoms with Crippen molar-refractivity contribution in [2.75, 3.05) is 0 Å². The highest BCUT2D eigenvalue weighted by molar-refractivity contribution is 9.10. The lowest BCUT2D eigenvalue weighted by atomic mass is 10.1. The fraction of sp³-hybridized carbons (Fsp3) is 0.357. The van der Waals surface area contributed by atoms with Crippen molar-refractivity contribution < 1.29 is 0 Å². The maximum Gasteiger partial charge on any atom is 0.132 e. The Morgan fingerprint density at radius 2 is 1.94 bits per heavy atom. The molecular formula is C14H18BrN3. The zero-order valence-electron chi connectivity index (χ0n) is 10.8. The predicted molar refractivity (Wildman–Crippen MR) is 78.2 cm³/mol. The van der Waals surface area contributed by atoms with Crippen molar-refractivity contribution in [3.63, 3.8) is 0 Å². The molecule has 0 radical (unpaired) electrons. The molecule has 96 valence electrons. The Morgan fingerprint density at radius 1 is 1.28 bits per heavy atom. The second-order valence-corrected chi connectivity index (χ2v) is 5.13. The summed E-state index contributed by atoms with van der Waals surface area (Å²) >= 11 is 3.51. The van der Waals surface area contributed by atoms with Crippen LogP contribution in [0, 0.1) is 0 Å². The van der Waals surface area contributed by atoms with Gasteiger partial charge in [0.1, 0.15) is 10.4 Å². The number of aromatic nitrogens is 2. The molecule has 0 spiro atoms. The topological polar surface area (TPSA) is 43.8 Å². The van der Waals surface area contributed by atoms with Crippen molar-refractivity contribution in [1.82, 2.24) is 9.55 Å². The van der Waals surface area contributed by atoms with Crippen molar-refractivity contribution >= 4 is 15.9 Å². The maximum atomic E-state index is 5.67. The van der Waals surface area contributed by atoms with Gasteiger partial charge >= 0.3 is 0 Å². The minimum absolute atomic E-state index is 0.447. The lowest BCUT2D eigenvalue weighted by Crippen LogP contribution is -2.05.